The molecule has 178 valence electrons. The normalized spacial score (nSPS) is 8.44. The van der Waals surface area contributed by atoms with Crippen LogP contribution in [-0.2, 0) is 9.88 Å². The molecule has 27 heavy (non-hydrogen) atoms. The van der Waals surface area contributed by atoms with Crippen LogP contribution in [-0.4, -0.2) is 46.6 Å². The van der Waals surface area contributed by atoms with Crippen molar-refractivity contribution in [3.63, 3.8) is 0 Å². The van der Waals surface area contributed by atoms with Crippen molar-refractivity contribution < 1.29 is 76.0 Å². The molecule has 0 fully saturated rings. The van der Waals surface area contributed by atoms with E-state index in [1.165, 1.54) is 6.92 Å². The molecular weight excluding hydrogens is 437 g/mol. The molecule has 0 aromatic heterocycles. The van der Waals surface area contributed by atoms with E-state index in [4.69, 9.17) is 0 Å². The minimum Gasteiger partial charge on any atom is -0.251 e. The van der Waals surface area contributed by atoms with Crippen LogP contribution in [0.1, 0.15) is 21.8 Å². The fourth-order valence-corrected chi connectivity index (χ4v) is 0.0619. The van der Waals surface area contributed by atoms with E-state index in [-0.39, 0.29) is 21.5 Å². The predicted octanol–water partition coefficient (Wildman–Crippen LogP) is 7.75. The standard InChI is InChI=1S/C2H2F4O.C2H5F.CF4.CH2F2O.2CH2F2.2CH4/c3-2(4,5)1-7-6;1-2-3;2-1(3,4)5;2-1-4-3;2*2-1-3;;/h1H2;2H2,1H3;;1H2;2*1H2;2*1H4. The van der Waals surface area contributed by atoms with Crippen LogP contribution in [0.2, 0.25) is 0 Å². The van der Waals surface area contributed by atoms with E-state index in [1.807, 2.05) is 0 Å². The Hall–Kier alpha value is -1.13. The smallest absolute Gasteiger partial charge is 0.251 e. The summed E-state index contributed by atoms with van der Waals surface area (Å²) in [7, 11) is 0. The zero-order valence-electron chi connectivity index (χ0n) is 12.0. The molecule has 0 saturated heterocycles. The SMILES string of the molecule is C.C.CCF.FC(F)(F)F.FCF.FCF.FCOF.FOCC(F)(F)F. The van der Waals surface area contributed by atoms with Crippen LogP contribution in [0.5, 0.6) is 0 Å². The lowest BCUT2D eigenvalue weighted by Gasteiger charge is -1.97. The zero-order valence-corrected chi connectivity index (χ0v) is 12.0. The molecule has 0 heterocycles. The van der Waals surface area contributed by atoms with Gasteiger partial charge in [-0.15, -0.1) is 17.6 Å². The molecule has 0 aromatic rings. The molecule has 0 aliphatic carbocycles. The van der Waals surface area contributed by atoms with E-state index in [0.29, 0.717) is 0 Å². The lowest BCUT2D eigenvalue weighted by molar-refractivity contribution is -0.245. The van der Waals surface area contributed by atoms with Crippen molar-refractivity contribution in [2.75, 3.05) is 34.0 Å². The largest absolute Gasteiger partial charge is 0.559 e. The van der Waals surface area contributed by atoms with Crippen molar-refractivity contribution in [2.45, 2.75) is 34.4 Å². The summed E-state index contributed by atoms with van der Waals surface area (Å²) in [6.07, 6.45) is -10.0. The Kier molecular flexibility index (Phi) is 82.4. The molecule has 0 aliphatic rings. The third kappa shape index (κ3) is 869. The molecule has 0 rings (SSSR count). The van der Waals surface area contributed by atoms with E-state index in [0.717, 1.165) is 0 Å². The monoisotopic (exact) mass is 458 g/mol. The van der Waals surface area contributed by atoms with Crippen LogP contribution in [0.25, 0.3) is 0 Å². The molecule has 0 spiro atoms. The highest BCUT2D eigenvalue weighted by Gasteiger charge is 2.27. The van der Waals surface area contributed by atoms with Crippen LogP contribution in [0, 0.1) is 0 Å². The van der Waals surface area contributed by atoms with Crippen molar-refractivity contribution in [3.05, 3.63) is 0 Å². The minimum atomic E-state index is -5.50. The van der Waals surface area contributed by atoms with Gasteiger partial charge < -0.3 is 0 Å². The third-order valence-corrected chi connectivity index (χ3v) is 0.259. The van der Waals surface area contributed by atoms with Gasteiger partial charge in [0.05, 0.1) is 6.67 Å². The first kappa shape index (κ1) is 50.1. The van der Waals surface area contributed by atoms with Crippen LogP contribution >= 0.6 is 0 Å². The second-order valence-electron chi connectivity index (χ2n) is 1.98. The van der Waals surface area contributed by atoms with Crippen LogP contribution in [0.3, 0.4) is 0 Å². The molecule has 2 nitrogen and oxygen atoms in total. The molecule has 17 heteroatoms. The van der Waals surface area contributed by atoms with Crippen LogP contribution < -0.4 is 0 Å². The first-order valence-corrected chi connectivity index (χ1v) is 4.87. The summed E-state index contributed by atoms with van der Waals surface area (Å²) in [5.74, 6) is 0. The van der Waals surface area contributed by atoms with Gasteiger partial charge >= 0.3 is 12.6 Å². The summed E-state index contributed by atoms with van der Waals surface area (Å²) in [6.45, 7) is -5.47. The summed E-state index contributed by atoms with van der Waals surface area (Å²) in [4.78, 5) is 4.66. The lowest BCUT2D eigenvalue weighted by Crippen LogP contribution is -2.13. The average Bonchev–Trinajstić information content (AvgIpc) is 2.38. The van der Waals surface area contributed by atoms with Gasteiger partial charge in [-0.2, -0.15) is 23.1 Å². The molecule has 0 aliphatic heterocycles. The van der Waals surface area contributed by atoms with E-state index < -0.39 is 39.9 Å². The third-order valence-electron chi connectivity index (χ3n) is 0.259. The Labute approximate surface area is 146 Å². The van der Waals surface area contributed by atoms with E-state index in [2.05, 4.69) is 9.88 Å². The summed E-state index contributed by atoms with van der Waals surface area (Å²) < 4.78 is 150. The zero-order chi connectivity index (χ0) is 21.9. The van der Waals surface area contributed by atoms with Crippen LogP contribution in [0.4, 0.5) is 66.1 Å². The number of hydrogen-bond acceptors (Lipinski definition) is 2. The maximum Gasteiger partial charge on any atom is 0.559 e. The molecule has 0 amide bonds. The average molecular weight is 458 g/mol. The molecule has 0 N–H and O–H groups in total. The Balaban J connectivity index is -0.0000000273. The van der Waals surface area contributed by atoms with E-state index in [1.54, 1.807) is 0 Å². The van der Waals surface area contributed by atoms with Gasteiger partial charge in [-0.3, -0.25) is 4.39 Å². The van der Waals surface area contributed by atoms with Gasteiger partial charge in [-0.1, -0.05) is 14.9 Å². The van der Waals surface area contributed by atoms with Gasteiger partial charge in [0.2, 0.25) is 20.7 Å². The Morgan fingerprint density at radius 3 is 0.778 bits per heavy atom. The van der Waals surface area contributed by atoms with Crippen molar-refractivity contribution in [3.8, 4) is 0 Å². The van der Waals surface area contributed by atoms with Gasteiger partial charge in [0.15, 0.2) is 6.61 Å². The summed E-state index contributed by atoms with van der Waals surface area (Å²) in [5, 5.41) is 0. The van der Waals surface area contributed by atoms with Crippen molar-refractivity contribution >= 4 is 0 Å². The second kappa shape index (κ2) is 44.4. The summed E-state index contributed by atoms with van der Waals surface area (Å²) >= 11 is 0. The second-order valence-corrected chi connectivity index (χ2v) is 1.98. The van der Waals surface area contributed by atoms with Gasteiger partial charge in [0, 0.05) is 0 Å². The first-order valence-electron chi connectivity index (χ1n) is 4.87. The van der Waals surface area contributed by atoms with E-state index in [9.17, 15) is 66.1 Å². The molecule has 0 radical (unpaired) electrons. The highest BCUT2D eigenvalue weighted by Crippen LogP contribution is 2.14. The topological polar surface area (TPSA) is 18.5 Å². The Morgan fingerprint density at radius 1 is 0.630 bits per heavy atom. The molecule has 0 atom stereocenters. The number of alkyl halides is 13. The molecule has 0 saturated carbocycles. The van der Waals surface area contributed by atoms with E-state index >= 15 is 0 Å². The number of halogens is 15. The first-order chi connectivity index (χ1) is 11.2. The van der Waals surface area contributed by atoms with Gasteiger partial charge in [0.25, 0.3) is 0 Å². The molecule has 0 aromatic carbocycles. The fraction of sp³-hybridized carbons (Fsp3) is 1.00. The van der Waals surface area contributed by atoms with Crippen molar-refractivity contribution in [1.29, 1.82) is 0 Å². The highest BCUT2D eigenvalue weighted by molar-refractivity contribution is 4.40. The maximum atomic E-state index is 10.7. The number of rotatable bonds is 2. The fourth-order valence-electron chi connectivity index (χ4n) is 0.0619. The number of hydrogen-bond donors (Lipinski definition) is 0. The molecular formula is C10H21F15O2. The molecule has 0 unspecified atom stereocenters. The summed E-state index contributed by atoms with van der Waals surface area (Å²) in [6, 6.07) is 0. The van der Waals surface area contributed by atoms with Crippen molar-refractivity contribution in [2.24, 2.45) is 0 Å². The van der Waals surface area contributed by atoms with Crippen molar-refractivity contribution in [1.82, 2.24) is 0 Å². The van der Waals surface area contributed by atoms with Gasteiger partial charge in [-0.05, 0) is 16.0 Å². The maximum absolute atomic E-state index is 10.7. The molecule has 0 bridgehead atoms. The lowest BCUT2D eigenvalue weighted by atomic mass is 10.7. The van der Waals surface area contributed by atoms with Gasteiger partial charge in [-0.25, -0.2) is 22.0 Å². The predicted molar refractivity (Wildman–Crippen MR) is 67.7 cm³/mol. The van der Waals surface area contributed by atoms with Crippen LogP contribution in [0.15, 0.2) is 0 Å². The Bertz CT molecular complexity index is 164. The quantitative estimate of drug-likeness (QED) is 0.394. The highest BCUT2D eigenvalue weighted by atomic mass is 19.5. The Morgan fingerprint density at radius 2 is 0.778 bits per heavy atom. The minimum absolute atomic E-state index is 0. The summed E-state index contributed by atoms with van der Waals surface area (Å²) in [5.41, 5.74) is 0. The van der Waals surface area contributed by atoms with Gasteiger partial charge in [0.1, 0.15) is 0 Å².